The van der Waals surface area contributed by atoms with E-state index < -0.39 is 11.7 Å². The number of rotatable bonds is 4. The van der Waals surface area contributed by atoms with Gasteiger partial charge in [-0.25, -0.2) is 4.79 Å². The van der Waals surface area contributed by atoms with E-state index in [4.69, 9.17) is 25.8 Å². The topological polar surface area (TPSA) is 60.1 Å². The molecule has 1 N–H and O–H groups in total. The highest BCUT2D eigenvalue weighted by atomic mass is 35.5. The average Bonchev–Trinajstić information content (AvgIpc) is 3.23. The molecule has 0 saturated carbocycles. The Morgan fingerprint density at radius 3 is 2.39 bits per heavy atom. The Kier molecular flexibility index (Phi) is 5.11. The van der Waals surface area contributed by atoms with Crippen molar-refractivity contribution in [3.05, 3.63) is 21.7 Å². The van der Waals surface area contributed by atoms with Gasteiger partial charge in [-0.15, -0.1) is 0 Å². The summed E-state index contributed by atoms with van der Waals surface area (Å²) < 4.78 is 16.3. The Labute approximate surface area is 142 Å². The number of hydrogen-bond donors (Lipinski definition) is 1. The Bertz CT molecular complexity index is 589. The van der Waals surface area contributed by atoms with E-state index in [9.17, 15) is 4.79 Å². The Hall–Kier alpha value is -1.46. The number of hydrogen-bond acceptors (Lipinski definition) is 4. The largest absolute Gasteiger partial charge is 0.489 e. The predicted molar refractivity (Wildman–Crippen MR) is 90.8 cm³/mol. The minimum Gasteiger partial charge on any atom is -0.489 e. The molecule has 1 atom stereocenters. The lowest BCUT2D eigenvalue weighted by Gasteiger charge is -2.23. The molecule has 2 rings (SSSR count). The highest BCUT2D eigenvalue weighted by molar-refractivity contribution is 6.33. The number of amides is 1. The Morgan fingerprint density at radius 2 is 1.87 bits per heavy atom. The van der Waals surface area contributed by atoms with Gasteiger partial charge in [-0.05, 0) is 58.2 Å². The van der Waals surface area contributed by atoms with Crippen molar-refractivity contribution in [1.29, 1.82) is 0 Å². The highest BCUT2D eigenvalue weighted by Crippen LogP contribution is 2.40. The molecule has 0 aromatic heterocycles. The van der Waals surface area contributed by atoms with Crippen molar-refractivity contribution in [2.75, 3.05) is 18.5 Å². The van der Waals surface area contributed by atoms with Crippen molar-refractivity contribution in [2.45, 2.75) is 53.2 Å². The first-order valence-electron chi connectivity index (χ1n) is 7.64. The first-order chi connectivity index (χ1) is 10.6. The number of epoxide rings is 1. The van der Waals surface area contributed by atoms with Crippen molar-refractivity contribution < 1.29 is 19.0 Å². The van der Waals surface area contributed by atoms with Gasteiger partial charge in [-0.2, -0.15) is 0 Å². The van der Waals surface area contributed by atoms with E-state index in [-0.39, 0.29) is 6.10 Å². The van der Waals surface area contributed by atoms with E-state index in [2.05, 4.69) is 5.32 Å². The predicted octanol–water partition coefficient (Wildman–Crippen LogP) is 4.39. The molecule has 1 amide bonds. The summed E-state index contributed by atoms with van der Waals surface area (Å²) in [4.78, 5) is 12.0. The summed E-state index contributed by atoms with van der Waals surface area (Å²) in [5, 5.41) is 3.30. The molecular formula is C17H24ClNO4. The van der Waals surface area contributed by atoms with Crippen LogP contribution in [-0.4, -0.2) is 31.0 Å². The minimum absolute atomic E-state index is 0.158. The van der Waals surface area contributed by atoms with Crippen LogP contribution in [0.5, 0.6) is 5.75 Å². The van der Waals surface area contributed by atoms with Crippen LogP contribution in [0, 0.1) is 20.8 Å². The van der Waals surface area contributed by atoms with Gasteiger partial charge < -0.3 is 14.2 Å². The maximum atomic E-state index is 12.0. The number of ether oxygens (including phenoxy) is 3. The van der Waals surface area contributed by atoms with Crippen molar-refractivity contribution in [1.82, 2.24) is 0 Å². The van der Waals surface area contributed by atoms with Gasteiger partial charge in [-0.1, -0.05) is 11.6 Å². The van der Waals surface area contributed by atoms with Gasteiger partial charge in [0.05, 0.1) is 17.3 Å². The minimum atomic E-state index is -0.557. The maximum Gasteiger partial charge on any atom is 0.412 e. The molecule has 1 fully saturated rings. The standard InChI is InChI=1S/C17H24ClNO4/c1-9-10(2)15(22-8-12-7-21-12)13(18)11(3)14(9)19-16(20)23-17(4,5)6/h12H,7-8H2,1-6H3,(H,19,20)/t12-/m0/s1. The van der Waals surface area contributed by atoms with E-state index in [1.54, 1.807) is 0 Å². The molecule has 1 aromatic rings. The lowest BCUT2D eigenvalue weighted by molar-refractivity contribution is 0.0635. The lowest BCUT2D eigenvalue weighted by Crippen LogP contribution is -2.27. The normalized spacial score (nSPS) is 16.9. The first-order valence-corrected chi connectivity index (χ1v) is 8.01. The fourth-order valence-corrected chi connectivity index (χ4v) is 2.48. The zero-order chi connectivity index (χ0) is 17.4. The van der Waals surface area contributed by atoms with Crippen LogP contribution in [0.15, 0.2) is 0 Å². The number of anilines is 1. The number of carbonyl (C=O) groups excluding carboxylic acids is 1. The third kappa shape index (κ3) is 4.52. The number of carbonyl (C=O) groups is 1. The van der Waals surface area contributed by atoms with Gasteiger partial charge in [0.1, 0.15) is 24.1 Å². The highest BCUT2D eigenvalue weighted by Gasteiger charge is 2.26. The summed E-state index contributed by atoms with van der Waals surface area (Å²) >= 11 is 6.44. The molecular weight excluding hydrogens is 318 g/mol. The lowest BCUT2D eigenvalue weighted by atomic mass is 10.0. The summed E-state index contributed by atoms with van der Waals surface area (Å²) in [5.41, 5.74) is 2.67. The molecule has 0 aliphatic carbocycles. The molecule has 0 unspecified atom stereocenters. The number of nitrogens with one attached hydrogen (secondary N) is 1. The van der Waals surface area contributed by atoms with Gasteiger partial charge >= 0.3 is 6.09 Å². The zero-order valence-electron chi connectivity index (χ0n) is 14.5. The van der Waals surface area contributed by atoms with Crippen LogP contribution in [0.25, 0.3) is 0 Å². The smallest absolute Gasteiger partial charge is 0.412 e. The van der Waals surface area contributed by atoms with Crippen LogP contribution >= 0.6 is 11.6 Å². The summed E-state index contributed by atoms with van der Waals surface area (Å²) in [6.45, 7) is 12.4. The number of halogens is 1. The molecule has 23 heavy (non-hydrogen) atoms. The maximum absolute atomic E-state index is 12.0. The molecule has 0 radical (unpaired) electrons. The quantitative estimate of drug-likeness (QED) is 0.825. The van der Waals surface area contributed by atoms with E-state index in [1.165, 1.54) is 0 Å². The molecule has 128 valence electrons. The van der Waals surface area contributed by atoms with Crippen LogP contribution < -0.4 is 10.1 Å². The van der Waals surface area contributed by atoms with Crippen molar-refractivity contribution in [3.8, 4) is 5.75 Å². The van der Waals surface area contributed by atoms with Crippen LogP contribution in [0.1, 0.15) is 37.5 Å². The molecule has 1 aliphatic heterocycles. The summed E-state index contributed by atoms with van der Waals surface area (Å²) in [5.74, 6) is 0.645. The summed E-state index contributed by atoms with van der Waals surface area (Å²) in [6, 6.07) is 0. The molecule has 1 heterocycles. The molecule has 5 nitrogen and oxygen atoms in total. The zero-order valence-corrected chi connectivity index (χ0v) is 15.3. The molecule has 0 bridgehead atoms. The van der Waals surface area contributed by atoms with Crippen LogP contribution in [0.4, 0.5) is 10.5 Å². The van der Waals surface area contributed by atoms with Crippen molar-refractivity contribution >= 4 is 23.4 Å². The molecule has 0 spiro atoms. The van der Waals surface area contributed by atoms with Gasteiger partial charge in [-0.3, -0.25) is 5.32 Å². The van der Waals surface area contributed by atoms with Gasteiger partial charge in [0.15, 0.2) is 0 Å². The van der Waals surface area contributed by atoms with Crippen molar-refractivity contribution in [2.24, 2.45) is 0 Å². The van der Waals surface area contributed by atoms with Gasteiger partial charge in [0.2, 0.25) is 0 Å². The van der Waals surface area contributed by atoms with Crippen LogP contribution in [-0.2, 0) is 9.47 Å². The monoisotopic (exact) mass is 341 g/mol. The van der Waals surface area contributed by atoms with E-state index in [0.29, 0.717) is 23.1 Å². The number of benzene rings is 1. The fraction of sp³-hybridized carbons (Fsp3) is 0.588. The second kappa shape index (κ2) is 6.57. The summed E-state index contributed by atoms with van der Waals surface area (Å²) in [7, 11) is 0. The second-order valence-corrected chi connectivity index (χ2v) is 7.16. The molecule has 6 heteroatoms. The third-order valence-corrected chi connectivity index (χ3v) is 4.08. The SMILES string of the molecule is Cc1c(C)c(OC[C@@H]2CO2)c(Cl)c(C)c1NC(=O)OC(C)(C)C. The summed E-state index contributed by atoms with van der Waals surface area (Å²) in [6.07, 6.45) is -0.343. The van der Waals surface area contributed by atoms with Gasteiger partial charge in [0.25, 0.3) is 0 Å². The molecule has 1 aliphatic rings. The Balaban J connectivity index is 2.24. The first kappa shape index (κ1) is 17.9. The van der Waals surface area contributed by atoms with Gasteiger partial charge in [0, 0.05) is 0 Å². The van der Waals surface area contributed by atoms with Crippen molar-refractivity contribution in [3.63, 3.8) is 0 Å². The van der Waals surface area contributed by atoms with Crippen LogP contribution in [0.2, 0.25) is 5.02 Å². The van der Waals surface area contributed by atoms with E-state index in [0.717, 1.165) is 23.3 Å². The van der Waals surface area contributed by atoms with Crippen LogP contribution in [0.3, 0.4) is 0 Å². The third-order valence-electron chi connectivity index (χ3n) is 3.62. The average molecular weight is 342 g/mol. The molecule has 1 saturated heterocycles. The molecule has 1 aromatic carbocycles. The van der Waals surface area contributed by atoms with E-state index >= 15 is 0 Å². The fourth-order valence-electron chi connectivity index (χ4n) is 2.19. The second-order valence-electron chi connectivity index (χ2n) is 6.79. The Morgan fingerprint density at radius 1 is 1.26 bits per heavy atom. The van der Waals surface area contributed by atoms with E-state index in [1.807, 2.05) is 41.5 Å².